The average Bonchev–Trinajstić information content (AvgIpc) is 2.61. The van der Waals surface area contributed by atoms with Crippen LogP contribution in [0.4, 0.5) is 5.69 Å². The summed E-state index contributed by atoms with van der Waals surface area (Å²) in [5.41, 5.74) is 3.79. The highest BCUT2D eigenvalue weighted by molar-refractivity contribution is 7.88. The van der Waals surface area contributed by atoms with E-state index in [1.807, 2.05) is 43.3 Å². The van der Waals surface area contributed by atoms with Gasteiger partial charge in [0.25, 0.3) is 0 Å². The van der Waals surface area contributed by atoms with E-state index in [2.05, 4.69) is 4.72 Å². The number of fused-ring (bicyclic) bond motifs is 1. The number of carbonyl (C=O) groups excluding carboxylic acids is 1. The maximum Gasteiger partial charge on any atom is 0.242 e. The van der Waals surface area contributed by atoms with Gasteiger partial charge in [-0.2, -0.15) is 0 Å². The van der Waals surface area contributed by atoms with Crippen molar-refractivity contribution in [3.8, 4) is 0 Å². The third kappa shape index (κ3) is 4.46. The first-order valence-corrected chi connectivity index (χ1v) is 10.0. The quantitative estimate of drug-likeness (QED) is 0.892. The number of hydrogen-bond acceptors (Lipinski definition) is 3. The third-order valence-corrected chi connectivity index (χ3v) is 5.63. The van der Waals surface area contributed by atoms with Gasteiger partial charge >= 0.3 is 0 Å². The molecule has 3 rings (SSSR count). The maximum absolute atomic E-state index is 12.5. The molecule has 6 heteroatoms. The van der Waals surface area contributed by atoms with Gasteiger partial charge in [0.05, 0.1) is 12.3 Å². The van der Waals surface area contributed by atoms with Crippen LogP contribution in [0.3, 0.4) is 0 Å². The first-order chi connectivity index (χ1) is 11.9. The van der Waals surface area contributed by atoms with Crippen LogP contribution in [0, 0.1) is 6.92 Å². The van der Waals surface area contributed by atoms with Gasteiger partial charge in [-0.25, -0.2) is 13.1 Å². The Kier molecular flexibility index (Phi) is 5.20. The molecule has 25 heavy (non-hydrogen) atoms. The number of anilines is 1. The highest BCUT2D eigenvalue weighted by atomic mass is 32.2. The third-order valence-electron chi connectivity index (χ3n) is 4.33. The highest BCUT2D eigenvalue weighted by Gasteiger charge is 2.23. The van der Waals surface area contributed by atoms with E-state index >= 15 is 0 Å². The molecule has 0 spiro atoms. The van der Waals surface area contributed by atoms with Crippen LogP contribution >= 0.6 is 0 Å². The zero-order valence-electron chi connectivity index (χ0n) is 14.2. The number of benzene rings is 2. The van der Waals surface area contributed by atoms with Gasteiger partial charge < -0.3 is 4.90 Å². The molecule has 1 amide bonds. The molecule has 0 saturated carbocycles. The summed E-state index contributed by atoms with van der Waals surface area (Å²) in [5, 5.41) is 0. The van der Waals surface area contributed by atoms with Crippen molar-refractivity contribution >= 4 is 21.6 Å². The molecule has 2 aromatic rings. The standard InChI is InChI=1S/C19H22N2O3S/c1-15-8-10-16(11-9-15)14-25(23,24)20-13-19(22)21-12-4-6-17-5-2-3-7-18(17)21/h2-3,5,7-11,20H,4,6,12-14H2,1H3. The first kappa shape index (κ1) is 17.6. The molecule has 0 aliphatic carbocycles. The van der Waals surface area contributed by atoms with Gasteiger partial charge in [-0.15, -0.1) is 0 Å². The lowest BCUT2D eigenvalue weighted by molar-refractivity contribution is -0.117. The molecule has 1 heterocycles. The molecule has 1 aliphatic heterocycles. The van der Waals surface area contributed by atoms with E-state index in [4.69, 9.17) is 0 Å². The van der Waals surface area contributed by atoms with Gasteiger partial charge in [-0.3, -0.25) is 4.79 Å². The number of hydrogen-bond donors (Lipinski definition) is 1. The topological polar surface area (TPSA) is 66.5 Å². The van der Waals surface area contributed by atoms with Crippen LogP contribution in [0.15, 0.2) is 48.5 Å². The van der Waals surface area contributed by atoms with Gasteiger partial charge in [-0.05, 0) is 37.0 Å². The average molecular weight is 358 g/mol. The van der Waals surface area contributed by atoms with Crippen LogP contribution in [-0.2, 0) is 27.0 Å². The van der Waals surface area contributed by atoms with E-state index < -0.39 is 10.0 Å². The lowest BCUT2D eigenvalue weighted by Gasteiger charge is -2.29. The van der Waals surface area contributed by atoms with Crippen molar-refractivity contribution in [2.75, 3.05) is 18.0 Å². The van der Waals surface area contributed by atoms with Crippen molar-refractivity contribution in [1.82, 2.24) is 4.72 Å². The summed E-state index contributed by atoms with van der Waals surface area (Å²) in [4.78, 5) is 14.2. The van der Waals surface area contributed by atoms with Gasteiger partial charge in [0.15, 0.2) is 0 Å². The minimum absolute atomic E-state index is 0.128. The molecule has 132 valence electrons. The van der Waals surface area contributed by atoms with Crippen molar-refractivity contribution in [2.45, 2.75) is 25.5 Å². The van der Waals surface area contributed by atoms with Crippen molar-refractivity contribution in [2.24, 2.45) is 0 Å². The molecule has 2 aromatic carbocycles. The lowest BCUT2D eigenvalue weighted by atomic mass is 10.0. The minimum atomic E-state index is -3.56. The van der Waals surface area contributed by atoms with Crippen LogP contribution < -0.4 is 9.62 Å². The normalized spacial score (nSPS) is 14.2. The zero-order chi connectivity index (χ0) is 17.9. The van der Waals surface area contributed by atoms with Crippen molar-refractivity contribution < 1.29 is 13.2 Å². The maximum atomic E-state index is 12.5. The highest BCUT2D eigenvalue weighted by Crippen LogP contribution is 2.26. The number of rotatable bonds is 5. The molecule has 0 fully saturated rings. The van der Waals surface area contributed by atoms with E-state index in [0.717, 1.165) is 29.7 Å². The second kappa shape index (κ2) is 7.37. The SMILES string of the molecule is Cc1ccc(CS(=O)(=O)NCC(=O)N2CCCc3ccccc32)cc1. The van der Waals surface area contributed by atoms with Gasteiger partial charge in [0.2, 0.25) is 15.9 Å². The Morgan fingerprint density at radius 3 is 2.60 bits per heavy atom. The zero-order valence-corrected chi connectivity index (χ0v) is 15.1. The summed E-state index contributed by atoms with van der Waals surface area (Å²) in [6.45, 7) is 2.35. The number of para-hydroxylation sites is 1. The predicted octanol–water partition coefficient (Wildman–Crippen LogP) is 2.39. The second-order valence-electron chi connectivity index (χ2n) is 6.34. The second-order valence-corrected chi connectivity index (χ2v) is 8.15. The van der Waals surface area contributed by atoms with Crippen LogP contribution in [0.2, 0.25) is 0 Å². The Morgan fingerprint density at radius 2 is 1.84 bits per heavy atom. The number of amides is 1. The largest absolute Gasteiger partial charge is 0.311 e. The van der Waals surface area contributed by atoms with E-state index in [9.17, 15) is 13.2 Å². The van der Waals surface area contributed by atoms with Crippen molar-refractivity contribution in [1.29, 1.82) is 0 Å². The number of carbonyl (C=O) groups is 1. The Bertz CT molecular complexity index is 860. The fraction of sp³-hybridized carbons (Fsp3) is 0.316. The van der Waals surface area contributed by atoms with E-state index in [1.54, 1.807) is 17.0 Å². The fourth-order valence-electron chi connectivity index (χ4n) is 3.01. The number of nitrogens with zero attached hydrogens (tertiary/aromatic N) is 1. The number of sulfonamides is 1. The summed E-state index contributed by atoms with van der Waals surface area (Å²) in [7, 11) is -3.56. The molecule has 0 saturated heterocycles. The molecule has 0 atom stereocenters. The predicted molar refractivity (Wildman–Crippen MR) is 98.9 cm³/mol. The minimum Gasteiger partial charge on any atom is -0.311 e. The van der Waals surface area contributed by atoms with Crippen LogP contribution in [0.25, 0.3) is 0 Å². The molecule has 0 radical (unpaired) electrons. The molecule has 0 aromatic heterocycles. The molecular weight excluding hydrogens is 336 g/mol. The molecule has 5 nitrogen and oxygen atoms in total. The van der Waals surface area contributed by atoms with Crippen LogP contribution in [0.5, 0.6) is 0 Å². The van der Waals surface area contributed by atoms with E-state index in [0.29, 0.717) is 12.1 Å². The van der Waals surface area contributed by atoms with Crippen LogP contribution in [-0.4, -0.2) is 27.4 Å². The Morgan fingerprint density at radius 1 is 1.12 bits per heavy atom. The summed E-state index contributed by atoms with van der Waals surface area (Å²) < 4.78 is 26.9. The van der Waals surface area contributed by atoms with Crippen LogP contribution in [0.1, 0.15) is 23.1 Å². The van der Waals surface area contributed by atoms with Crippen molar-refractivity contribution in [3.05, 3.63) is 65.2 Å². The summed E-state index contributed by atoms with van der Waals surface area (Å²) in [6.07, 6.45) is 1.83. The van der Waals surface area contributed by atoms with Crippen molar-refractivity contribution in [3.63, 3.8) is 0 Å². The molecule has 1 aliphatic rings. The van der Waals surface area contributed by atoms with Gasteiger partial charge in [-0.1, -0.05) is 48.0 Å². The lowest BCUT2D eigenvalue weighted by Crippen LogP contribution is -2.42. The van der Waals surface area contributed by atoms with Gasteiger partial charge in [0, 0.05) is 12.2 Å². The summed E-state index contributed by atoms with van der Waals surface area (Å²) in [6, 6.07) is 15.1. The molecule has 1 N–H and O–H groups in total. The molecule has 0 bridgehead atoms. The number of nitrogens with one attached hydrogen (secondary N) is 1. The molecular formula is C19H22N2O3S. The Balaban J connectivity index is 1.63. The fourth-order valence-corrected chi connectivity index (χ4v) is 4.09. The molecule has 0 unspecified atom stereocenters. The van der Waals surface area contributed by atoms with E-state index in [-0.39, 0.29) is 18.2 Å². The summed E-state index contributed by atoms with van der Waals surface area (Å²) >= 11 is 0. The number of aryl methyl sites for hydroxylation is 2. The van der Waals surface area contributed by atoms with Gasteiger partial charge in [0.1, 0.15) is 0 Å². The monoisotopic (exact) mass is 358 g/mol. The smallest absolute Gasteiger partial charge is 0.242 e. The summed E-state index contributed by atoms with van der Waals surface area (Å²) in [5.74, 6) is -0.350. The Labute approximate surface area is 148 Å². The first-order valence-electron chi connectivity index (χ1n) is 8.36. The Hall–Kier alpha value is -2.18. The van der Waals surface area contributed by atoms with E-state index in [1.165, 1.54) is 0 Å².